The fraction of sp³-hybridized carbons (Fsp3) is 0.980. The molecule has 0 aromatic rings. The second kappa shape index (κ2) is 47.0. The number of unbranched alkanes of at least 4 members (excludes halogenated alkanes) is 40. The third kappa shape index (κ3) is 41.5. The lowest BCUT2D eigenvalue weighted by Crippen LogP contribution is -2.49. The summed E-state index contributed by atoms with van der Waals surface area (Å²) in [5.74, 6) is -0.464. The maximum atomic E-state index is 12.5. The van der Waals surface area contributed by atoms with Crippen molar-refractivity contribution in [2.75, 3.05) is 6.61 Å². The molecule has 4 N–H and O–H groups in total. The molecule has 0 aromatic heterocycles. The third-order valence-electron chi connectivity index (χ3n) is 12.5. The summed E-state index contributed by atoms with van der Waals surface area (Å²) in [5.41, 5.74) is 0. The standard InChI is InChI=1S/C51H103NO4/c1-3-5-7-9-11-13-15-17-19-20-21-22-23-24-25-26-27-28-29-30-31-32-34-36-38-40-42-44-46-50(55)51(56)52-48(47-53)49(54)45-43-41-39-37-35-33-18-16-14-12-10-8-6-4-2/h48-50,53-55H,3-47H2,1-2H3,(H,52,56). The predicted molar refractivity (Wildman–Crippen MR) is 246 cm³/mol. The van der Waals surface area contributed by atoms with Crippen LogP contribution >= 0.6 is 0 Å². The number of amides is 1. The Labute approximate surface area is 351 Å². The zero-order valence-electron chi connectivity index (χ0n) is 38.3. The van der Waals surface area contributed by atoms with Crippen LogP contribution in [0.5, 0.6) is 0 Å². The van der Waals surface area contributed by atoms with Crippen LogP contribution in [-0.2, 0) is 4.79 Å². The molecule has 3 unspecified atom stereocenters. The molecule has 336 valence electrons. The van der Waals surface area contributed by atoms with E-state index in [2.05, 4.69) is 19.2 Å². The molecule has 5 nitrogen and oxygen atoms in total. The van der Waals surface area contributed by atoms with E-state index in [1.165, 1.54) is 238 Å². The summed E-state index contributed by atoms with van der Waals surface area (Å²) < 4.78 is 0. The van der Waals surface area contributed by atoms with Crippen molar-refractivity contribution in [3.63, 3.8) is 0 Å². The molecule has 0 spiro atoms. The van der Waals surface area contributed by atoms with Crippen molar-refractivity contribution < 1.29 is 20.1 Å². The van der Waals surface area contributed by atoms with Crippen LogP contribution in [0.25, 0.3) is 0 Å². The smallest absolute Gasteiger partial charge is 0.249 e. The van der Waals surface area contributed by atoms with Gasteiger partial charge in [-0.15, -0.1) is 0 Å². The van der Waals surface area contributed by atoms with E-state index in [0.29, 0.717) is 12.8 Å². The van der Waals surface area contributed by atoms with E-state index >= 15 is 0 Å². The van der Waals surface area contributed by atoms with Crippen molar-refractivity contribution in [2.45, 2.75) is 315 Å². The van der Waals surface area contributed by atoms with Gasteiger partial charge in [0.15, 0.2) is 0 Å². The highest BCUT2D eigenvalue weighted by molar-refractivity contribution is 5.80. The van der Waals surface area contributed by atoms with Crippen LogP contribution in [-0.4, -0.2) is 46.1 Å². The van der Waals surface area contributed by atoms with Gasteiger partial charge in [-0.3, -0.25) is 4.79 Å². The van der Waals surface area contributed by atoms with Crippen molar-refractivity contribution >= 4 is 5.91 Å². The predicted octanol–water partition coefficient (Wildman–Crippen LogP) is 15.4. The molecular weight excluding hydrogens is 691 g/mol. The van der Waals surface area contributed by atoms with Crippen LogP contribution < -0.4 is 5.32 Å². The molecule has 0 bridgehead atoms. The van der Waals surface area contributed by atoms with Crippen LogP contribution in [0.4, 0.5) is 0 Å². The van der Waals surface area contributed by atoms with Gasteiger partial charge in [0.25, 0.3) is 0 Å². The quantitative estimate of drug-likeness (QED) is 0.0462. The molecule has 0 aliphatic heterocycles. The minimum atomic E-state index is -1.07. The highest BCUT2D eigenvalue weighted by Crippen LogP contribution is 2.18. The van der Waals surface area contributed by atoms with Gasteiger partial charge in [-0.1, -0.05) is 284 Å². The number of hydrogen-bond donors (Lipinski definition) is 4. The van der Waals surface area contributed by atoms with E-state index in [9.17, 15) is 20.1 Å². The number of aliphatic hydroxyl groups excluding tert-OH is 3. The summed E-state index contributed by atoms with van der Waals surface area (Å²) >= 11 is 0. The first-order chi connectivity index (χ1) is 27.6. The molecule has 0 aliphatic carbocycles. The Hall–Kier alpha value is -0.650. The lowest BCUT2D eigenvalue weighted by atomic mass is 10.0. The number of nitrogens with one attached hydrogen (secondary N) is 1. The molecule has 0 radical (unpaired) electrons. The minimum absolute atomic E-state index is 0.308. The number of carbonyl (C=O) groups excluding carboxylic acids is 1. The Bertz CT molecular complexity index is 747. The molecule has 0 rings (SSSR count). The first-order valence-corrected chi connectivity index (χ1v) is 25.8. The fourth-order valence-corrected chi connectivity index (χ4v) is 8.43. The zero-order chi connectivity index (χ0) is 40.8. The highest BCUT2D eigenvalue weighted by Gasteiger charge is 2.23. The zero-order valence-corrected chi connectivity index (χ0v) is 38.3. The molecule has 1 amide bonds. The largest absolute Gasteiger partial charge is 0.394 e. The summed E-state index contributed by atoms with van der Waals surface area (Å²) in [6.07, 6.45) is 55.7. The molecule has 3 atom stereocenters. The lowest BCUT2D eigenvalue weighted by Gasteiger charge is -2.23. The second-order valence-corrected chi connectivity index (χ2v) is 18.1. The molecule has 0 saturated carbocycles. The fourth-order valence-electron chi connectivity index (χ4n) is 8.43. The molecule has 0 aliphatic rings. The maximum absolute atomic E-state index is 12.5. The Kier molecular flexibility index (Phi) is 46.5. The maximum Gasteiger partial charge on any atom is 0.249 e. The summed E-state index contributed by atoms with van der Waals surface area (Å²) in [7, 11) is 0. The molecule has 56 heavy (non-hydrogen) atoms. The summed E-state index contributed by atoms with van der Waals surface area (Å²) in [6, 6.07) is -0.706. The van der Waals surface area contributed by atoms with Crippen LogP contribution in [0.2, 0.25) is 0 Å². The van der Waals surface area contributed by atoms with Crippen LogP contribution in [0.1, 0.15) is 296 Å². The Morgan fingerprint density at radius 2 is 0.571 bits per heavy atom. The van der Waals surface area contributed by atoms with Crippen molar-refractivity contribution in [3.8, 4) is 0 Å². The molecular formula is C51H103NO4. The van der Waals surface area contributed by atoms with Gasteiger partial charge in [-0.2, -0.15) is 0 Å². The highest BCUT2D eigenvalue weighted by atomic mass is 16.3. The third-order valence-corrected chi connectivity index (χ3v) is 12.5. The number of hydrogen-bond acceptors (Lipinski definition) is 4. The summed E-state index contributed by atoms with van der Waals surface area (Å²) in [5, 5.41) is 33.4. The van der Waals surface area contributed by atoms with Gasteiger partial charge in [0.05, 0.1) is 18.8 Å². The topological polar surface area (TPSA) is 89.8 Å². The first-order valence-electron chi connectivity index (χ1n) is 25.8. The first kappa shape index (κ1) is 55.4. The van der Waals surface area contributed by atoms with E-state index in [1.54, 1.807) is 0 Å². The number of aliphatic hydroxyl groups is 3. The van der Waals surface area contributed by atoms with Crippen LogP contribution in [0, 0.1) is 0 Å². The molecule has 0 fully saturated rings. The van der Waals surface area contributed by atoms with E-state index in [-0.39, 0.29) is 6.61 Å². The average molecular weight is 794 g/mol. The molecule has 0 aromatic carbocycles. The van der Waals surface area contributed by atoms with Gasteiger partial charge in [0.1, 0.15) is 6.10 Å². The molecule has 0 heterocycles. The van der Waals surface area contributed by atoms with Crippen molar-refractivity contribution in [2.24, 2.45) is 0 Å². The molecule has 5 heteroatoms. The second-order valence-electron chi connectivity index (χ2n) is 18.1. The van der Waals surface area contributed by atoms with Crippen LogP contribution in [0.3, 0.4) is 0 Å². The van der Waals surface area contributed by atoms with Gasteiger partial charge >= 0.3 is 0 Å². The van der Waals surface area contributed by atoms with Gasteiger partial charge in [-0.25, -0.2) is 0 Å². The van der Waals surface area contributed by atoms with Crippen molar-refractivity contribution in [1.29, 1.82) is 0 Å². The normalized spacial score (nSPS) is 13.3. The Morgan fingerprint density at radius 1 is 0.357 bits per heavy atom. The monoisotopic (exact) mass is 794 g/mol. The van der Waals surface area contributed by atoms with Crippen molar-refractivity contribution in [3.05, 3.63) is 0 Å². The van der Waals surface area contributed by atoms with Gasteiger partial charge in [-0.05, 0) is 12.8 Å². The number of rotatable bonds is 48. The Morgan fingerprint density at radius 3 is 0.804 bits per heavy atom. The van der Waals surface area contributed by atoms with Gasteiger partial charge in [0.2, 0.25) is 5.91 Å². The van der Waals surface area contributed by atoms with Crippen LogP contribution in [0.15, 0.2) is 0 Å². The lowest BCUT2D eigenvalue weighted by molar-refractivity contribution is -0.131. The van der Waals surface area contributed by atoms with E-state index in [1.807, 2.05) is 0 Å². The summed E-state index contributed by atoms with van der Waals surface area (Å²) in [4.78, 5) is 12.5. The van der Waals surface area contributed by atoms with Gasteiger partial charge in [0, 0.05) is 0 Å². The van der Waals surface area contributed by atoms with E-state index < -0.39 is 24.2 Å². The minimum Gasteiger partial charge on any atom is -0.394 e. The molecule has 0 saturated heterocycles. The van der Waals surface area contributed by atoms with E-state index in [4.69, 9.17) is 0 Å². The number of carbonyl (C=O) groups is 1. The SMILES string of the molecule is CCCCCCCCCCCCCCCCCCCCCCCCCCCCCCC(O)C(=O)NC(CO)C(O)CCCCCCCCCCCCCCCC. The van der Waals surface area contributed by atoms with Crippen molar-refractivity contribution in [1.82, 2.24) is 5.32 Å². The Balaban J connectivity index is 3.47. The van der Waals surface area contributed by atoms with Gasteiger partial charge < -0.3 is 20.6 Å². The summed E-state index contributed by atoms with van der Waals surface area (Å²) in [6.45, 7) is 4.26. The van der Waals surface area contributed by atoms with E-state index in [0.717, 1.165) is 32.1 Å². The average Bonchev–Trinajstić information content (AvgIpc) is 3.20.